The average molecular weight is 402 g/mol. The first-order chi connectivity index (χ1) is 14.5. The third-order valence-electron chi connectivity index (χ3n) is 5.73. The minimum absolute atomic E-state index is 0.294. The van der Waals surface area contributed by atoms with Gasteiger partial charge in [0.05, 0.1) is 40.6 Å². The molecular weight excluding hydrogens is 380 g/mol. The molecular formula is C23H22N4O3. The van der Waals surface area contributed by atoms with Crippen molar-refractivity contribution in [2.24, 2.45) is 14.1 Å². The maximum absolute atomic E-state index is 12.9. The highest BCUT2D eigenvalue weighted by atomic mass is 16.5. The van der Waals surface area contributed by atoms with E-state index in [9.17, 15) is 9.59 Å². The Bertz CT molecular complexity index is 1410. The van der Waals surface area contributed by atoms with Gasteiger partial charge in [-0.2, -0.15) is 0 Å². The topological polar surface area (TPSA) is 70.2 Å². The number of anilines is 1. The Morgan fingerprint density at radius 3 is 2.53 bits per heavy atom. The maximum Gasteiger partial charge on any atom is 0.331 e. The van der Waals surface area contributed by atoms with E-state index in [1.54, 1.807) is 11.6 Å². The number of ether oxygens (including phenoxy) is 1. The van der Waals surface area contributed by atoms with Crippen LogP contribution in [0.15, 0.2) is 64.3 Å². The van der Waals surface area contributed by atoms with Crippen LogP contribution in [0.5, 0.6) is 5.75 Å². The number of rotatable bonds is 3. The summed E-state index contributed by atoms with van der Waals surface area (Å²) in [5, 5.41) is 4.11. The van der Waals surface area contributed by atoms with E-state index in [1.807, 2.05) is 66.2 Å². The van der Waals surface area contributed by atoms with E-state index in [4.69, 9.17) is 4.74 Å². The van der Waals surface area contributed by atoms with Gasteiger partial charge in [0.25, 0.3) is 5.56 Å². The predicted molar refractivity (Wildman–Crippen MR) is 117 cm³/mol. The summed E-state index contributed by atoms with van der Waals surface area (Å²) in [6.45, 7) is 2.49. The largest absolute Gasteiger partial charge is 0.494 e. The highest BCUT2D eigenvalue weighted by Crippen LogP contribution is 2.42. The minimum atomic E-state index is -0.350. The molecule has 2 aromatic heterocycles. The van der Waals surface area contributed by atoms with Crippen molar-refractivity contribution in [3.8, 4) is 11.4 Å². The number of benzene rings is 2. The molecule has 5 rings (SSSR count). The molecule has 1 N–H and O–H groups in total. The lowest BCUT2D eigenvalue weighted by molar-refractivity contribution is 0.335. The van der Waals surface area contributed by atoms with Gasteiger partial charge in [0.2, 0.25) is 0 Å². The first-order valence-corrected chi connectivity index (χ1v) is 9.91. The zero-order chi connectivity index (χ0) is 21.0. The lowest BCUT2D eigenvalue weighted by Gasteiger charge is -2.31. The quantitative estimate of drug-likeness (QED) is 0.572. The van der Waals surface area contributed by atoms with E-state index in [-0.39, 0.29) is 17.3 Å². The summed E-state index contributed by atoms with van der Waals surface area (Å²) >= 11 is 0. The summed E-state index contributed by atoms with van der Waals surface area (Å²) in [7, 11) is 3.21. The molecule has 0 aliphatic carbocycles. The third-order valence-corrected chi connectivity index (χ3v) is 5.73. The number of aryl methyl sites for hydroxylation is 1. The smallest absolute Gasteiger partial charge is 0.331 e. The molecule has 0 amide bonds. The molecule has 3 heterocycles. The molecule has 7 heteroatoms. The summed E-state index contributed by atoms with van der Waals surface area (Å²) in [6, 6.07) is 15.5. The van der Waals surface area contributed by atoms with Gasteiger partial charge in [-0.05, 0) is 25.1 Å². The van der Waals surface area contributed by atoms with Gasteiger partial charge in [-0.3, -0.25) is 13.9 Å². The molecule has 0 saturated heterocycles. The van der Waals surface area contributed by atoms with Crippen molar-refractivity contribution in [2.75, 3.05) is 11.9 Å². The van der Waals surface area contributed by atoms with Crippen LogP contribution in [0.1, 0.15) is 24.2 Å². The van der Waals surface area contributed by atoms with Crippen LogP contribution in [-0.2, 0) is 14.1 Å². The van der Waals surface area contributed by atoms with Crippen LogP contribution >= 0.6 is 0 Å². The van der Waals surface area contributed by atoms with Gasteiger partial charge in [0.1, 0.15) is 5.75 Å². The van der Waals surface area contributed by atoms with Crippen LogP contribution in [0.4, 0.5) is 5.69 Å². The van der Waals surface area contributed by atoms with Crippen molar-refractivity contribution < 1.29 is 4.74 Å². The van der Waals surface area contributed by atoms with Gasteiger partial charge in [-0.1, -0.05) is 30.3 Å². The number of nitrogens with zero attached hydrogens (tertiary/aromatic N) is 3. The molecule has 0 unspecified atom stereocenters. The van der Waals surface area contributed by atoms with Crippen LogP contribution in [0.25, 0.3) is 16.6 Å². The number of hydrogen-bond acceptors (Lipinski definition) is 4. The zero-order valence-electron chi connectivity index (χ0n) is 17.0. The summed E-state index contributed by atoms with van der Waals surface area (Å²) in [5.41, 5.74) is 3.64. The van der Waals surface area contributed by atoms with Gasteiger partial charge in [0.15, 0.2) is 0 Å². The minimum Gasteiger partial charge on any atom is -0.494 e. The highest BCUT2D eigenvalue weighted by Gasteiger charge is 2.32. The van der Waals surface area contributed by atoms with Gasteiger partial charge in [-0.15, -0.1) is 0 Å². The fourth-order valence-corrected chi connectivity index (χ4v) is 4.34. The lowest BCUT2D eigenvalue weighted by atomic mass is 9.98. The normalized spacial score (nSPS) is 14.8. The van der Waals surface area contributed by atoms with E-state index in [2.05, 4.69) is 5.32 Å². The predicted octanol–water partition coefficient (Wildman–Crippen LogP) is 2.94. The van der Waals surface area contributed by atoms with Crippen LogP contribution < -0.4 is 21.3 Å². The summed E-state index contributed by atoms with van der Waals surface area (Å²) in [4.78, 5) is 25.7. The molecule has 4 aromatic rings. The molecule has 0 saturated carbocycles. The van der Waals surface area contributed by atoms with Crippen molar-refractivity contribution >= 4 is 16.6 Å². The number of hydrogen-bond donors (Lipinski definition) is 1. The van der Waals surface area contributed by atoms with Crippen LogP contribution in [0.3, 0.4) is 0 Å². The first-order valence-electron chi connectivity index (χ1n) is 9.91. The second kappa shape index (κ2) is 6.66. The second-order valence-electron chi connectivity index (χ2n) is 7.42. The van der Waals surface area contributed by atoms with Crippen LogP contribution in [0, 0.1) is 0 Å². The number of fused-ring (bicyclic) bond motifs is 5. The lowest BCUT2D eigenvalue weighted by Crippen LogP contribution is -2.37. The highest BCUT2D eigenvalue weighted by molar-refractivity contribution is 5.86. The Morgan fingerprint density at radius 2 is 1.73 bits per heavy atom. The van der Waals surface area contributed by atoms with E-state index in [1.165, 1.54) is 7.05 Å². The van der Waals surface area contributed by atoms with E-state index in [0.29, 0.717) is 17.5 Å². The molecule has 0 bridgehead atoms. The molecule has 0 radical (unpaired) electrons. The molecule has 0 spiro atoms. The SMILES string of the molecule is CCOc1ccccc1[C@H]1Nc2ccccc2-n2cc3c(=O)n(C)c(=O)n(C)c3c21. The average Bonchev–Trinajstić information content (AvgIpc) is 3.17. The van der Waals surface area contributed by atoms with E-state index < -0.39 is 0 Å². The fraction of sp³-hybridized carbons (Fsp3) is 0.217. The maximum atomic E-state index is 12.9. The molecule has 152 valence electrons. The third kappa shape index (κ3) is 2.45. The number of nitrogens with one attached hydrogen (secondary N) is 1. The Kier molecular flexibility index (Phi) is 4.06. The molecule has 1 aliphatic heterocycles. The molecule has 7 nitrogen and oxygen atoms in total. The van der Waals surface area contributed by atoms with Crippen LogP contribution in [0.2, 0.25) is 0 Å². The Balaban J connectivity index is 1.91. The monoisotopic (exact) mass is 402 g/mol. The molecule has 0 fully saturated rings. The Hall–Kier alpha value is -3.74. The first kappa shape index (κ1) is 18.3. The van der Waals surface area contributed by atoms with Crippen molar-refractivity contribution in [3.63, 3.8) is 0 Å². The molecule has 1 atom stereocenters. The van der Waals surface area contributed by atoms with Gasteiger partial charge < -0.3 is 14.6 Å². The summed E-state index contributed by atoms with van der Waals surface area (Å²) in [5.74, 6) is 0.770. The number of aromatic nitrogens is 3. The summed E-state index contributed by atoms with van der Waals surface area (Å²) in [6.07, 6.45) is 1.84. The van der Waals surface area contributed by atoms with Crippen molar-refractivity contribution in [1.29, 1.82) is 0 Å². The number of para-hydroxylation sites is 3. The van der Waals surface area contributed by atoms with Gasteiger partial charge in [0, 0.05) is 25.9 Å². The zero-order valence-corrected chi connectivity index (χ0v) is 17.0. The standard InChI is InChI=1S/C23H22N4O3/c1-4-30-18-12-8-5-9-14(18)19-21-20-15(22(28)26(3)23(29)25(20)2)13-27(21)17-11-7-6-10-16(17)24-19/h5-13,19,24H,4H2,1-3H3/t19-/m1/s1. The summed E-state index contributed by atoms with van der Waals surface area (Å²) < 4.78 is 10.6. The molecule has 1 aliphatic rings. The van der Waals surface area contributed by atoms with E-state index in [0.717, 1.165) is 32.9 Å². The molecule has 30 heavy (non-hydrogen) atoms. The van der Waals surface area contributed by atoms with Gasteiger partial charge >= 0.3 is 5.69 Å². The fourth-order valence-electron chi connectivity index (χ4n) is 4.34. The van der Waals surface area contributed by atoms with Crippen molar-refractivity contribution in [3.05, 3.63) is 86.8 Å². The Labute approximate surface area is 172 Å². The van der Waals surface area contributed by atoms with Gasteiger partial charge in [-0.25, -0.2) is 4.79 Å². The molecule has 2 aromatic carbocycles. The van der Waals surface area contributed by atoms with Crippen molar-refractivity contribution in [2.45, 2.75) is 13.0 Å². The Morgan fingerprint density at radius 1 is 1.00 bits per heavy atom. The van der Waals surface area contributed by atoms with Crippen molar-refractivity contribution in [1.82, 2.24) is 13.7 Å². The van der Waals surface area contributed by atoms with E-state index >= 15 is 0 Å². The van der Waals surface area contributed by atoms with Crippen LogP contribution in [-0.4, -0.2) is 20.3 Å². The second-order valence-corrected chi connectivity index (χ2v) is 7.42.